The zero-order chi connectivity index (χ0) is 24.5. The number of aromatic nitrogens is 2. The molecule has 0 spiro atoms. The van der Waals surface area contributed by atoms with Crippen LogP contribution >= 0.6 is 0 Å². The standard InChI is InChI=1S/C27H31FN6O/c1-17-15-20(28)9-10-22(17)24-23-16-29-27(35)34(18(2)19-7-5-4-6-8-19)25(23)32-26(31-24)30-21-11-13-33(3)14-12-21/h4-10,15,18,21H,11-14,16H2,1-3H3,(H,29,35)(H,30,31,32)/t18-/m0/s1. The van der Waals surface area contributed by atoms with Crippen LogP contribution in [0.25, 0.3) is 11.3 Å². The van der Waals surface area contributed by atoms with Gasteiger partial charge in [0, 0.05) is 17.2 Å². The largest absolute Gasteiger partial charge is 0.351 e. The van der Waals surface area contributed by atoms with Gasteiger partial charge in [-0.3, -0.25) is 4.90 Å². The van der Waals surface area contributed by atoms with Crippen molar-refractivity contribution in [2.45, 2.75) is 45.3 Å². The van der Waals surface area contributed by atoms with E-state index in [4.69, 9.17) is 9.97 Å². The minimum Gasteiger partial charge on any atom is -0.351 e. The summed E-state index contributed by atoms with van der Waals surface area (Å²) in [6.07, 6.45) is 1.99. The Morgan fingerprint density at radius 2 is 1.86 bits per heavy atom. The van der Waals surface area contributed by atoms with Gasteiger partial charge in [-0.15, -0.1) is 0 Å². The smallest absolute Gasteiger partial charge is 0.323 e. The van der Waals surface area contributed by atoms with E-state index in [-0.39, 0.29) is 23.9 Å². The lowest BCUT2D eigenvalue weighted by Gasteiger charge is -2.35. The van der Waals surface area contributed by atoms with Gasteiger partial charge in [-0.2, -0.15) is 4.98 Å². The molecule has 1 fully saturated rings. The molecular weight excluding hydrogens is 443 g/mol. The fourth-order valence-corrected chi connectivity index (χ4v) is 4.94. The lowest BCUT2D eigenvalue weighted by atomic mass is 9.99. The zero-order valence-electron chi connectivity index (χ0n) is 20.4. The maximum atomic E-state index is 13.9. The first-order chi connectivity index (χ1) is 16.9. The number of hydrogen-bond donors (Lipinski definition) is 2. The highest BCUT2D eigenvalue weighted by atomic mass is 19.1. The molecule has 182 valence electrons. The number of nitrogens with zero attached hydrogens (tertiary/aromatic N) is 4. The number of piperidine rings is 1. The molecule has 35 heavy (non-hydrogen) atoms. The number of aryl methyl sites for hydroxylation is 1. The van der Waals surface area contributed by atoms with Crippen LogP contribution in [0.2, 0.25) is 0 Å². The number of likely N-dealkylation sites (tertiary alicyclic amines) is 1. The number of carbonyl (C=O) groups is 1. The van der Waals surface area contributed by atoms with Crippen LogP contribution < -0.4 is 15.5 Å². The van der Waals surface area contributed by atoms with Crippen LogP contribution in [0.5, 0.6) is 0 Å². The van der Waals surface area contributed by atoms with Crippen LogP contribution in [0.3, 0.4) is 0 Å². The highest BCUT2D eigenvalue weighted by Crippen LogP contribution is 2.38. The van der Waals surface area contributed by atoms with Gasteiger partial charge in [0.15, 0.2) is 0 Å². The van der Waals surface area contributed by atoms with E-state index in [2.05, 4.69) is 22.6 Å². The first kappa shape index (κ1) is 23.2. The predicted molar refractivity (Wildman–Crippen MR) is 136 cm³/mol. The Morgan fingerprint density at radius 1 is 1.11 bits per heavy atom. The molecule has 7 nitrogen and oxygen atoms in total. The SMILES string of the molecule is Cc1cc(F)ccc1-c1nc(NC2CCN(C)CC2)nc2c1CNC(=O)N2[C@@H](C)c1ccccc1. The van der Waals surface area contributed by atoms with Gasteiger partial charge in [0.2, 0.25) is 5.95 Å². The number of urea groups is 1. The van der Waals surface area contributed by atoms with Crippen molar-refractivity contribution in [3.63, 3.8) is 0 Å². The number of rotatable bonds is 5. The summed E-state index contributed by atoms with van der Waals surface area (Å²) in [5, 5.41) is 6.52. The number of amides is 2. The van der Waals surface area contributed by atoms with E-state index in [9.17, 15) is 9.18 Å². The molecule has 2 N–H and O–H groups in total. The topological polar surface area (TPSA) is 73.4 Å². The van der Waals surface area contributed by atoms with Crippen LogP contribution in [-0.2, 0) is 6.54 Å². The van der Waals surface area contributed by atoms with Crippen molar-refractivity contribution < 1.29 is 9.18 Å². The Bertz CT molecular complexity index is 1230. The van der Waals surface area contributed by atoms with Gasteiger partial charge in [-0.05, 0) is 76.2 Å². The average molecular weight is 475 g/mol. The van der Waals surface area contributed by atoms with E-state index in [1.54, 1.807) is 11.0 Å². The van der Waals surface area contributed by atoms with Crippen LogP contribution in [0.15, 0.2) is 48.5 Å². The van der Waals surface area contributed by atoms with E-state index in [1.807, 2.05) is 44.2 Å². The molecule has 0 aliphatic carbocycles. The third-order valence-corrected chi connectivity index (χ3v) is 7.01. The van der Waals surface area contributed by atoms with Gasteiger partial charge >= 0.3 is 6.03 Å². The maximum Gasteiger partial charge on any atom is 0.323 e. The molecule has 1 saturated heterocycles. The van der Waals surface area contributed by atoms with E-state index in [1.165, 1.54) is 12.1 Å². The average Bonchev–Trinajstić information content (AvgIpc) is 2.85. The van der Waals surface area contributed by atoms with Gasteiger partial charge in [-0.1, -0.05) is 30.3 Å². The molecule has 0 saturated carbocycles. The van der Waals surface area contributed by atoms with Crippen LogP contribution in [-0.4, -0.2) is 47.1 Å². The Hall–Kier alpha value is -3.52. The van der Waals surface area contributed by atoms with Crippen molar-refractivity contribution in [3.05, 3.63) is 71.0 Å². The predicted octanol–water partition coefficient (Wildman–Crippen LogP) is 4.89. The first-order valence-corrected chi connectivity index (χ1v) is 12.1. The van der Waals surface area contributed by atoms with Gasteiger partial charge in [0.05, 0.1) is 18.3 Å². The van der Waals surface area contributed by atoms with E-state index in [0.717, 1.165) is 48.2 Å². The molecule has 1 aromatic heterocycles. The van der Waals surface area contributed by atoms with Crippen LogP contribution in [0, 0.1) is 12.7 Å². The third-order valence-electron chi connectivity index (χ3n) is 7.01. The molecule has 0 unspecified atom stereocenters. The molecule has 3 heterocycles. The fraction of sp³-hybridized carbons (Fsp3) is 0.370. The molecule has 0 bridgehead atoms. The van der Waals surface area contributed by atoms with Crippen molar-refractivity contribution >= 4 is 17.8 Å². The van der Waals surface area contributed by atoms with Gasteiger partial charge in [0.25, 0.3) is 0 Å². The van der Waals surface area contributed by atoms with Crippen molar-refractivity contribution in [2.24, 2.45) is 0 Å². The van der Waals surface area contributed by atoms with Gasteiger partial charge in [-0.25, -0.2) is 14.2 Å². The minimum atomic E-state index is -0.286. The number of carbonyl (C=O) groups excluding carboxylic acids is 1. The van der Waals surface area contributed by atoms with E-state index in [0.29, 0.717) is 24.0 Å². The highest BCUT2D eigenvalue weighted by molar-refractivity contribution is 5.96. The first-order valence-electron chi connectivity index (χ1n) is 12.1. The summed E-state index contributed by atoms with van der Waals surface area (Å²) in [4.78, 5) is 27.0. The molecule has 1 atom stereocenters. The Labute approximate surface area is 205 Å². The summed E-state index contributed by atoms with van der Waals surface area (Å²) in [5.41, 5.74) is 4.18. The molecule has 8 heteroatoms. The van der Waals surface area contributed by atoms with Crippen LogP contribution in [0.4, 0.5) is 21.0 Å². The Morgan fingerprint density at radius 3 is 2.57 bits per heavy atom. The molecule has 2 aliphatic heterocycles. The number of benzene rings is 2. The van der Waals surface area contributed by atoms with E-state index >= 15 is 0 Å². The fourth-order valence-electron chi connectivity index (χ4n) is 4.94. The highest BCUT2D eigenvalue weighted by Gasteiger charge is 2.34. The number of anilines is 2. The molecule has 2 amide bonds. The summed E-state index contributed by atoms with van der Waals surface area (Å²) < 4.78 is 13.9. The van der Waals surface area contributed by atoms with E-state index < -0.39 is 0 Å². The number of halogens is 1. The second kappa shape index (κ2) is 9.62. The zero-order valence-corrected chi connectivity index (χ0v) is 20.4. The second-order valence-corrected chi connectivity index (χ2v) is 9.49. The number of fused-ring (bicyclic) bond motifs is 1. The maximum absolute atomic E-state index is 13.9. The monoisotopic (exact) mass is 474 g/mol. The molecule has 5 rings (SSSR count). The lowest BCUT2D eigenvalue weighted by molar-refractivity contribution is 0.242. The number of hydrogen-bond acceptors (Lipinski definition) is 5. The summed E-state index contributed by atoms with van der Waals surface area (Å²) in [7, 11) is 2.13. The summed E-state index contributed by atoms with van der Waals surface area (Å²) in [6.45, 7) is 6.20. The van der Waals surface area contributed by atoms with Crippen molar-refractivity contribution in [2.75, 3.05) is 30.4 Å². The third kappa shape index (κ3) is 4.71. The molecule has 2 aromatic carbocycles. The van der Waals surface area contributed by atoms with Crippen molar-refractivity contribution in [3.8, 4) is 11.3 Å². The quantitative estimate of drug-likeness (QED) is 0.551. The summed E-state index contributed by atoms with van der Waals surface area (Å²) >= 11 is 0. The summed E-state index contributed by atoms with van der Waals surface area (Å²) in [5.74, 6) is 0.803. The molecule has 2 aliphatic rings. The Kier molecular flexibility index (Phi) is 6.38. The van der Waals surface area contributed by atoms with Gasteiger partial charge < -0.3 is 15.5 Å². The minimum absolute atomic E-state index is 0.195. The molecular formula is C27H31FN6O. The van der Waals surface area contributed by atoms with Crippen LogP contribution in [0.1, 0.15) is 42.5 Å². The molecule has 0 radical (unpaired) electrons. The molecule has 3 aromatic rings. The normalized spacial score (nSPS) is 17.6. The Balaban J connectivity index is 1.62. The number of nitrogens with one attached hydrogen (secondary N) is 2. The lowest BCUT2D eigenvalue weighted by Crippen LogP contribution is -2.46. The van der Waals surface area contributed by atoms with Gasteiger partial charge in [0.1, 0.15) is 11.6 Å². The van der Waals surface area contributed by atoms with Crippen molar-refractivity contribution in [1.82, 2.24) is 20.2 Å². The van der Waals surface area contributed by atoms with Crippen molar-refractivity contribution in [1.29, 1.82) is 0 Å². The summed E-state index contributed by atoms with van der Waals surface area (Å²) in [6, 6.07) is 14.5. The second-order valence-electron chi connectivity index (χ2n) is 9.49.